The number of hydrogen-bond donors (Lipinski definition) is 0. The molecule has 2 heteroatoms. The number of anilines is 3. The van der Waals surface area contributed by atoms with Gasteiger partial charge in [-0.15, -0.1) is 0 Å². The molecule has 10 rings (SSSR count). The van der Waals surface area contributed by atoms with Crippen molar-refractivity contribution in [1.82, 2.24) is 0 Å². The molecule has 0 saturated heterocycles. The van der Waals surface area contributed by atoms with Crippen molar-refractivity contribution >= 4 is 44.6 Å². The molecule has 0 fully saturated rings. The number of furan rings is 1. The fourth-order valence-electron chi connectivity index (χ4n) is 10.8. The van der Waals surface area contributed by atoms with E-state index in [-0.39, 0.29) is 0 Å². The summed E-state index contributed by atoms with van der Waals surface area (Å²) in [5, 5.41) is 2.27. The summed E-state index contributed by atoms with van der Waals surface area (Å²) in [4.78, 5) is 2.47. The van der Waals surface area contributed by atoms with Crippen LogP contribution in [-0.4, -0.2) is 0 Å². The van der Waals surface area contributed by atoms with E-state index in [0.717, 1.165) is 70.2 Å². The molecule has 1 aliphatic carbocycles. The number of nitrogens with zero attached hydrogens (tertiary/aromatic N) is 1. The maximum atomic E-state index is 6.96. The Morgan fingerprint density at radius 2 is 1.14 bits per heavy atom. The van der Waals surface area contributed by atoms with Crippen LogP contribution in [0.25, 0.3) is 49.8 Å². The summed E-state index contributed by atoms with van der Waals surface area (Å²) >= 11 is 0. The first-order valence-electron chi connectivity index (χ1n) is 23.0. The van der Waals surface area contributed by atoms with Crippen molar-refractivity contribution in [2.75, 3.05) is 4.90 Å². The minimum atomic E-state index is -0.562. The maximum absolute atomic E-state index is 6.96. The molecule has 0 N–H and O–H groups in total. The predicted molar refractivity (Wildman–Crippen MR) is 267 cm³/mol. The van der Waals surface area contributed by atoms with Crippen molar-refractivity contribution in [1.29, 1.82) is 0 Å². The average Bonchev–Trinajstić information content (AvgIpc) is 3.86. The number of hydrogen-bond acceptors (Lipinski definition) is 2. The summed E-state index contributed by atoms with van der Waals surface area (Å²) in [7, 11) is 0. The zero-order chi connectivity index (χ0) is 43.1. The summed E-state index contributed by atoms with van der Waals surface area (Å²) in [5.74, 6) is 0.506. The van der Waals surface area contributed by atoms with Crippen molar-refractivity contribution < 1.29 is 4.42 Å². The molecule has 0 aliphatic heterocycles. The molecule has 2 nitrogen and oxygen atoms in total. The summed E-state index contributed by atoms with van der Waals surface area (Å²) in [6.07, 6.45) is 4.23. The third-order valence-electron chi connectivity index (χ3n) is 13.6. The Kier molecular flexibility index (Phi) is 10.7. The topological polar surface area (TPSA) is 16.4 Å². The lowest BCUT2D eigenvalue weighted by Gasteiger charge is -2.34. The van der Waals surface area contributed by atoms with E-state index in [4.69, 9.17) is 4.42 Å². The second-order valence-corrected chi connectivity index (χ2v) is 17.4. The lowest BCUT2D eigenvalue weighted by atomic mass is 9.67. The molecule has 1 heterocycles. The van der Waals surface area contributed by atoms with Gasteiger partial charge >= 0.3 is 0 Å². The first-order chi connectivity index (χ1) is 31.0. The SMILES string of the molecule is CCC/C(=C(/CC)C(C)C)c1ccc(N(c2ccc(-c3ccccc3)cc2)c2ccc3c(c2)-c2c(ccc4c2oc2ccccc24)C3(c2ccccc2)c2ccccc2)cc1CC. The van der Waals surface area contributed by atoms with Gasteiger partial charge in [0.2, 0.25) is 0 Å². The summed E-state index contributed by atoms with van der Waals surface area (Å²) < 4.78 is 6.96. The molecule has 1 aromatic heterocycles. The molecule has 0 radical (unpaired) electrons. The number of allylic oxidation sites excluding steroid dienone is 2. The Morgan fingerprint density at radius 3 is 1.79 bits per heavy atom. The number of rotatable bonds is 12. The lowest BCUT2D eigenvalue weighted by Crippen LogP contribution is -2.28. The molecule has 0 saturated carbocycles. The van der Waals surface area contributed by atoms with E-state index in [1.165, 1.54) is 55.6 Å². The van der Waals surface area contributed by atoms with Crippen molar-refractivity contribution in [2.45, 2.75) is 65.7 Å². The van der Waals surface area contributed by atoms with Crippen LogP contribution in [0.3, 0.4) is 0 Å². The molecular weight excluding hydrogens is 763 g/mol. The fraction of sp³-hybridized carbons (Fsp3) is 0.180. The van der Waals surface area contributed by atoms with Crippen LogP contribution in [0.15, 0.2) is 198 Å². The standard InChI is InChI=1S/C61H55NO/c1-6-20-52(50(8-3)41(4)5)51-35-33-48(39-42(51)7-2)62(47-31-29-44(30-32-47)43-21-12-9-13-22-43)49-34-37-56-55(40-49)59-57(38-36-54-53-27-18-19-28-58(53)63-60(54)59)61(56,45-23-14-10-15-24-45)46-25-16-11-17-26-46/h9-19,21-41H,6-8,20H2,1-5H3/b52-50+. The van der Waals surface area contributed by atoms with E-state index in [1.54, 1.807) is 5.57 Å². The summed E-state index contributed by atoms with van der Waals surface area (Å²) in [6, 6.07) is 69.4. The van der Waals surface area contributed by atoms with E-state index >= 15 is 0 Å². The predicted octanol–water partition coefficient (Wildman–Crippen LogP) is 17.3. The average molecular weight is 818 g/mol. The number of aryl methyl sites for hydroxylation is 1. The quantitative estimate of drug-likeness (QED) is 0.122. The zero-order valence-corrected chi connectivity index (χ0v) is 37.2. The van der Waals surface area contributed by atoms with Gasteiger partial charge in [0, 0.05) is 33.4 Å². The maximum Gasteiger partial charge on any atom is 0.143 e. The Hall–Kier alpha value is -6.90. The van der Waals surface area contributed by atoms with E-state index in [0.29, 0.717) is 5.92 Å². The van der Waals surface area contributed by atoms with Crippen LogP contribution in [-0.2, 0) is 11.8 Å². The van der Waals surface area contributed by atoms with E-state index in [9.17, 15) is 0 Å². The highest BCUT2D eigenvalue weighted by Crippen LogP contribution is 2.59. The molecule has 0 unspecified atom stereocenters. The van der Waals surface area contributed by atoms with Crippen molar-refractivity contribution in [2.24, 2.45) is 5.92 Å². The van der Waals surface area contributed by atoms with Crippen LogP contribution < -0.4 is 4.90 Å². The molecule has 0 atom stereocenters. The van der Waals surface area contributed by atoms with Crippen LogP contribution in [0.5, 0.6) is 0 Å². The highest BCUT2D eigenvalue weighted by molar-refractivity contribution is 6.12. The Balaban J connectivity index is 1.24. The monoisotopic (exact) mass is 817 g/mol. The van der Waals surface area contributed by atoms with Crippen molar-refractivity contribution in [3.05, 3.63) is 227 Å². The molecule has 0 amide bonds. The molecule has 0 spiro atoms. The zero-order valence-electron chi connectivity index (χ0n) is 37.2. The van der Waals surface area contributed by atoms with Gasteiger partial charge in [-0.05, 0) is 123 Å². The second kappa shape index (κ2) is 16.8. The largest absolute Gasteiger partial charge is 0.455 e. The fourth-order valence-corrected chi connectivity index (χ4v) is 10.8. The van der Waals surface area contributed by atoms with Gasteiger partial charge < -0.3 is 9.32 Å². The highest BCUT2D eigenvalue weighted by Gasteiger charge is 2.47. The lowest BCUT2D eigenvalue weighted by molar-refractivity contribution is 0.669. The van der Waals surface area contributed by atoms with Gasteiger partial charge in [-0.3, -0.25) is 0 Å². The number of benzene rings is 8. The normalized spacial score (nSPS) is 13.3. The van der Waals surface area contributed by atoms with Gasteiger partial charge in [0.25, 0.3) is 0 Å². The van der Waals surface area contributed by atoms with Crippen molar-refractivity contribution in [3.8, 4) is 22.3 Å². The van der Waals surface area contributed by atoms with Crippen LogP contribution in [0.4, 0.5) is 17.1 Å². The Morgan fingerprint density at radius 1 is 0.556 bits per heavy atom. The van der Waals surface area contributed by atoms with Crippen LogP contribution in [0.2, 0.25) is 0 Å². The molecule has 63 heavy (non-hydrogen) atoms. The third-order valence-corrected chi connectivity index (χ3v) is 13.6. The Bertz CT molecular complexity index is 3060. The summed E-state index contributed by atoms with van der Waals surface area (Å²) in [6.45, 7) is 11.6. The van der Waals surface area contributed by atoms with E-state index < -0.39 is 5.41 Å². The summed E-state index contributed by atoms with van der Waals surface area (Å²) in [5.41, 5.74) is 20.3. The van der Waals surface area contributed by atoms with Gasteiger partial charge in [-0.1, -0.05) is 192 Å². The molecular formula is C61H55NO. The van der Waals surface area contributed by atoms with Gasteiger partial charge in [-0.25, -0.2) is 0 Å². The van der Waals surface area contributed by atoms with Crippen LogP contribution in [0, 0.1) is 5.92 Å². The number of fused-ring (bicyclic) bond motifs is 7. The highest BCUT2D eigenvalue weighted by atomic mass is 16.3. The molecule has 8 aromatic carbocycles. The molecule has 9 aromatic rings. The van der Waals surface area contributed by atoms with Crippen molar-refractivity contribution in [3.63, 3.8) is 0 Å². The van der Waals surface area contributed by atoms with Gasteiger partial charge in [0.1, 0.15) is 11.2 Å². The third kappa shape index (κ3) is 6.72. The van der Waals surface area contributed by atoms with Gasteiger partial charge in [0.05, 0.1) is 5.41 Å². The minimum Gasteiger partial charge on any atom is -0.455 e. The second-order valence-electron chi connectivity index (χ2n) is 17.4. The smallest absolute Gasteiger partial charge is 0.143 e. The first-order valence-corrected chi connectivity index (χ1v) is 23.0. The van der Waals surface area contributed by atoms with E-state index in [2.05, 4.69) is 228 Å². The molecule has 1 aliphatic rings. The first kappa shape index (κ1) is 40.2. The molecule has 0 bridgehead atoms. The van der Waals surface area contributed by atoms with Crippen LogP contribution in [0.1, 0.15) is 87.3 Å². The van der Waals surface area contributed by atoms with E-state index in [1.807, 2.05) is 0 Å². The number of para-hydroxylation sites is 1. The minimum absolute atomic E-state index is 0.506. The van der Waals surface area contributed by atoms with Gasteiger partial charge in [-0.2, -0.15) is 0 Å². The van der Waals surface area contributed by atoms with Crippen LogP contribution >= 0.6 is 0 Å². The van der Waals surface area contributed by atoms with Gasteiger partial charge in [0.15, 0.2) is 0 Å². The Labute approximate surface area is 373 Å². The molecule has 310 valence electrons.